The lowest BCUT2D eigenvalue weighted by atomic mass is 10.00. The normalized spacial score (nSPS) is 15.2. The number of aromatic amines is 1. The van der Waals surface area contributed by atoms with Crippen molar-refractivity contribution in [3.8, 4) is 0 Å². The summed E-state index contributed by atoms with van der Waals surface area (Å²) in [5.74, 6) is 0. The molecular weight excluding hydrogens is 200 g/mol. The zero-order valence-corrected chi connectivity index (χ0v) is 9.48. The van der Waals surface area contributed by atoms with Gasteiger partial charge in [-0.1, -0.05) is 13.0 Å². The Morgan fingerprint density at radius 2 is 2.19 bits per heavy atom. The summed E-state index contributed by atoms with van der Waals surface area (Å²) in [6, 6.07) is 8.09. The Morgan fingerprint density at radius 3 is 2.94 bits per heavy atom. The molecule has 0 fully saturated rings. The van der Waals surface area contributed by atoms with Gasteiger partial charge in [-0.25, -0.2) is 0 Å². The van der Waals surface area contributed by atoms with Crippen molar-refractivity contribution in [3.63, 3.8) is 0 Å². The fraction of sp³-hybridized carbons (Fsp3) is 0.385. The Bertz CT molecular complexity index is 464. The molecule has 1 aromatic carbocycles. The molecule has 1 aromatic heterocycles. The molecule has 2 aromatic rings. The van der Waals surface area contributed by atoms with Gasteiger partial charge in [-0.3, -0.25) is 0 Å². The van der Waals surface area contributed by atoms with Crippen LogP contribution in [-0.2, 0) is 6.42 Å². The zero-order valence-electron chi connectivity index (χ0n) is 9.48. The number of benzene rings is 1. The summed E-state index contributed by atoms with van der Waals surface area (Å²) in [6.45, 7) is 1.94. The Labute approximate surface area is 95.3 Å². The van der Waals surface area contributed by atoms with Crippen molar-refractivity contribution in [3.05, 3.63) is 36.0 Å². The highest BCUT2D eigenvalue weighted by atomic mass is 16.3. The van der Waals surface area contributed by atoms with Crippen molar-refractivity contribution in [2.24, 2.45) is 5.73 Å². The minimum Gasteiger partial charge on any atom is -0.392 e. The van der Waals surface area contributed by atoms with E-state index in [1.54, 1.807) is 0 Å². The lowest BCUT2D eigenvalue weighted by molar-refractivity contribution is 0.140. The Hall–Kier alpha value is -1.32. The van der Waals surface area contributed by atoms with E-state index in [9.17, 15) is 5.11 Å². The largest absolute Gasteiger partial charge is 0.392 e. The summed E-state index contributed by atoms with van der Waals surface area (Å²) in [5, 5.41) is 10.8. The van der Waals surface area contributed by atoms with E-state index < -0.39 is 6.10 Å². The molecule has 16 heavy (non-hydrogen) atoms. The van der Waals surface area contributed by atoms with Gasteiger partial charge < -0.3 is 15.8 Å². The summed E-state index contributed by atoms with van der Waals surface area (Å²) in [7, 11) is 0. The maximum atomic E-state index is 9.63. The van der Waals surface area contributed by atoms with Crippen molar-refractivity contribution in [1.29, 1.82) is 0 Å². The highest BCUT2D eigenvalue weighted by Crippen LogP contribution is 2.16. The van der Waals surface area contributed by atoms with Crippen LogP contribution in [0.4, 0.5) is 0 Å². The molecule has 0 saturated heterocycles. The predicted molar refractivity (Wildman–Crippen MR) is 66.3 cm³/mol. The van der Waals surface area contributed by atoms with Crippen LogP contribution in [0.5, 0.6) is 0 Å². The minimum atomic E-state index is -0.415. The third-order valence-corrected chi connectivity index (χ3v) is 3.00. The fourth-order valence-electron chi connectivity index (χ4n) is 1.94. The molecule has 1 heterocycles. The van der Waals surface area contributed by atoms with Crippen molar-refractivity contribution >= 4 is 10.9 Å². The van der Waals surface area contributed by atoms with Gasteiger partial charge >= 0.3 is 0 Å². The molecule has 0 radical (unpaired) electrons. The number of fused-ring (bicyclic) bond motifs is 1. The van der Waals surface area contributed by atoms with Crippen LogP contribution in [0.15, 0.2) is 30.5 Å². The minimum absolute atomic E-state index is 0.179. The number of aromatic nitrogens is 1. The van der Waals surface area contributed by atoms with Crippen LogP contribution in [-0.4, -0.2) is 22.2 Å². The van der Waals surface area contributed by atoms with E-state index in [2.05, 4.69) is 23.2 Å². The van der Waals surface area contributed by atoms with Crippen LogP contribution < -0.4 is 5.73 Å². The molecule has 0 spiro atoms. The summed E-state index contributed by atoms with van der Waals surface area (Å²) in [4.78, 5) is 3.15. The number of aliphatic hydroxyl groups is 1. The third kappa shape index (κ3) is 2.26. The molecule has 2 unspecified atom stereocenters. The lowest BCUT2D eigenvalue weighted by Crippen LogP contribution is -2.36. The van der Waals surface area contributed by atoms with Crippen molar-refractivity contribution in [2.75, 3.05) is 0 Å². The second-order valence-electron chi connectivity index (χ2n) is 4.24. The predicted octanol–water partition coefficient (Wildman–Crippen LogP) is 1.81. The summed E-state index contributed by atoms with van der Waals surface area (Å²) in [5.41, 5.74) is 8.23. The average molecular weight is 218 g/mol. The highest BCUT2D eigenvalue weighted by Gasteiger charge is 2.13. The monoisotopic (exact) mass is 218 g/mol. The molecule has 4 N–H and O–H groups in total. The molecule has 3 heteroatoms. The topological polar surface area (TPSA) is 62.0 Å². The lowest BCUT2D eigenvalue weighted by Gasteiger charge is -2.17. The highest BCUT2D eigenvalue weighted by molar-refractivity contribution is 5.79. The number of nitrogens with two attached hydrogens (primary N) is 1. The molecule has 86 valence electrons. The van der Waals surface area contributed by atoms with Crippen molar-refractivity contribution < 1.29 is 5.11 Å². The second-order valence-corrected chi connectivity index (χ2v) is 4.24. The van der Waals surface area contributed by atoms with E-state index in [0.717, 1.165) is 11.9 Å². The van der Waals surface area contributed by atoms with Crippen LogP contribution in [0, 0.1) is 0 Å². The van der Waals surface area contributed by atoms with Gasteiger partial charge in [0.2, 0.25) is 0 Å². The van der Waals surface area contributed by atoms with Crippen molar-refractivity contribution in [2.45, 2.75) is 31.9 Å². The fourth-order valence-corrected chi connectivity index (χ4v) is 1.94. The van der Waals surface area contributed by atoms with Gasteiger partial charge in [-0.15, -0.1) is 0 Å². The molecule has 0 saturated carbocycles. The van der Waals surface area contributed by atoms with E-state index in [1.807, 2.05) is 19.2 Å². The molecule has 0 amide bonds. The second kappa shape index (κ2) is 4.68. The standard InChI is InChI=1S/C13H18N2O/c1-2-13(16)11(14)8-9-3-4-12-10(7-9)5-6-15-12/h3-7,11,13,15-16H,2,8,14H2,1H3. The summed E-state index contributed by atoms with van der Waals surface area (Å²) < 4.78 is 0. The molecule has 3 nitrogen and oxygen atoms in total. The van der Waals surface area contributed by atoms with Crippen molar-refractivity contribution in [1.82, 2.24) is 4.98 Å². The Balaban J connectivity index is 2.14. The van der Waals surface area contributed by atoms with Gasteiger partial charge in [0, 0.05) is 17.8 Å². The first-order valence-electron chi connectivity index (χ1n) is 5.70. The first kappa shape index (κ1) is 11.2. The van der Waals surface area contributed by atoms with Gasteiger partial charge in [-0.2, -0.15) is 0 Å². The molecule has 0 aliphatic heterocycles. The van der Waals surface area contributed by atoms with E-state index in [0.29, 0.717) is 6.42 Å². The van der Waals surface area contributed by atoms with Crippen LogP contribution >= 0.6 is 0 Å². The number of hydrogen-bond acceptors (Lipinski definition) is 2. The molecule has 0 bridgehead atoms. The van der Waals surface area contributed by atoms with Gasteiger partial charge in [-0.05, 0) is 42.0 Å². The van der Waals surface area contributed by atoms with E-state index >= 15 is 0 Å². The van der Waals surface area contributed by atoms with Gasteiger partial charge in [0.1, 0.15) is 0 Å². The Morgan fingerprint density at radius 1 is 1.38 bits per heavy atom. The number of rotatable bonds is 4. The summed E-state index contributed by atoms with van der Waals surface area (Å²) >= 11 is 0. The average Bonchev–Trinajstić information content (AvgIpc) is 2.75. The molecule has 0 aliphatic rings. The SMILES string of the molecule is CCC(O)C(N)Cc1ccc2[nH]ccc2c1. The first-order chi connectivity index (χ1) is 7.70. The van der Waals surface area contributed by atoms with Crippen LogP contribution in [0.3, 0.4) is 0 Å². The number of nitrogens with one attached hydrogen (secondary N) is 1. The number of hydrogen-bond donors (Lipinski definition) is 3. The van der Waals surface area contributed by atoms with Gasteiger partial charge in [0.05, 0.1) is 6.10 Å². The number of H-pyrrole nitrogens is 1. The quantitative estimate of drug-likeness (QED) is 0.733. The number of aliphatic hydroxyl groups excluding tert-OH is 1. The molecule has 2 atom stereocenters. The maximum absolute atomic E-state index is 9.63. The van der Waals surface area contributed by atoms with E-state index in [4.69, 9.17) is 5.73 Å². The van der Waals surface area contributed by atoms with Crippen LogP contribution in [0.2, 0.25) is 0 Å². The maximum Gasteiger partial charge on any atom is 0.0691 e. The third-order valence-electron chi connectivity index (χ3n) is 3.00. The summed E-state index contributed by atoms with van der Waals surface area (Å²) in [6.07, 6.45) is 2.93. The van der Waals surface area contributed by atoms with Crippen LogP contribution in [0.25, 0.3) is 10.9 Å². The van der Waals surface area contributed by atoms with E-state index in [1.165, 1.54) is 10.9 Å². The van der Waals surface area contributed by atoms with E-state index in [-0.39, 0.29) is 6.04 Å². The van der Waals surface area contributed by atoms with Gasteiger partial charge in [0.15, 0.2) is 0 Å². The smallest absolute Gasteiger partial charge is 0.0691 e. The molecule has 0 aliphatic carbocycles. The first-order valence-corrected chi connectivity index (χ1v) is 5.70. The van der Waals surface area contributed by atoms with Crippen LogP contribution in [0.1, 0.15) is 18.9 Å². The van der Waals surface area contributed by atoms with Gasteiger partial charge in [0.25, 0.3) is 0 Å². The zero-order chi connectivity index (χ0) is 11.5. The molecule has 2 rings (SSSR count). The molecular formula is C13H18N2O. The Kier molecular flexibility index (Phi) is 3.27.